The van der Waals surface area contributed by atoms with E-state index in [2.05, 4.69) is 5.16 Å². The minimum Gasteiger partial charge on any atom is -0.409 e. The van der Waals surface area contributed by atoms with Crippen LogP contribution in [0.2, 0.25) is 0 Å². The van der Waals surface area contributed by atoms with Gasteiger partial charge in [0.25, 0.3) is 0 Å². The Balaban J connectivity index is 3.04. The Bertz CT molecular complexity index is 323. The highest BCUT2D eigenvalue weighted by Crippen LogP contribution is 2.37. The number of aliphatic hydroxyl groups excluding tert-OH is 1. The number of hydrogen-bond donors (Lipinski definition) is 3. The standard InChI is InChI=1S/C13H25N3O3/c1-2-16(9-10-17)12(18)13(11(14)15-19)7-5-3-4-6-8-13/h17,19H,2-10H2,1H3,(H2,14,15). The molecule has 0 atom stereocenters. The number of carbonyl (C=O) groups excluding carboxylic acids is 1. The van der Waals surface area contributed by atoms with E-state index in [1.165, 1.54) is 0 Å². The van der Waals surface area contributed by atoms with Crippen molar-refractivity contribution in [2.45, 2.75) is 45.4 Å². The van der Waals surface area contributed by atoms with Crippen molar-refractivity contribution in [3.05, 3.63) is 0 Å². The Labute approximate surface area is 114 Å². The second-order valence-electron chi connectivity index (χ2n) is 5.09. The molecule has 1 rings (SSSR count). The fourth-order valence-corrected chi connectivity index (χ4v) is 2.83. The van der Waals surface area contributed by atoms with Gasteiger partial charge in [-0.15, -0.1) is 0 Å². The Kier molecular flexibility index (Phi) is 6.08. The highest BCUT2D eigenvalue weighted by molar-refractivity contribution is 6.06. The molecule has 1 aliphatic carbocycles. The van der Waals surface area contributed by atoms with Gasteiger partial charge in [-0.2, -0.15) is 0 Å². The smallest absolute Gasteiger partial charge is 0.236 e. The molecule has 0 bridgehead atoms. The number of nitrogens with two attached hydrogens (primary N) is 1. The molecule has 1 amide bonds. The van der Waals surface area contributed by atoms with Crippen molar-refractivity contribution in [1.29, 1.82) is 0 Å². The molecule has 19 heavy (non-hydrogen) atoms. The molecule has 0 heterocycles. The zero-order chi connectivity index (χ0) is 14.3. The van der Waals surface area contributed by atoms with Gasteiger partial charge < -0.3 is 20.9 Å². The third kappa shape index (κ3) is 3.37. The second kappa shape index (κ2) is 7.33. The van der Waals surface area contributed by atoms with Crippen LogP contribution in [-0.2, 0) is 4.79 Å². The first-order valence-electron chi connectivity index (χ1n) is 7.00. The van der Waals surface area contributed by atoms with Gasteiger partial charge in [-0.3, -0.25) is 4.79 Å². The maximum absolute atomic E-state index is 12.7. The first-order valence-corrected chi connectivity index (χ1v) is 7.00. The number of aliphatic hydroxyl groups is 1. The van der Waals surface area contributed by atoms with Crippen LogP contribution in [0.3, 0.4) is 0 Å². The Morgan fingerprint density at radius 1 is 1.32 bits per heavy atom. The van der Waals surface area contributed by atoms with Crippen LogP contribution in [0.5, 0.6) is 0 Å². The third-order valence-electron chi connectivity index (χ3n) is 4.00. The van der Waals surface area contributed by atoms with Crippen LogP contribution in [0, 0.1) is 5.41 Å². The van der Waals surface area contributed by atoms with E-state index in [4.69, 9.17) is 16.0 Å². The first-order chi connectivity index (χ1) is 9.12. The summed E-state index contributed by atoms with van der Waals surface area (Å²) in [6.45, 7) is 2.59. The van der Waals surface area contributed by atoms with Gasteiger partial charge in [0.2, 0.25) is 5.91 Å². The molecular formula is C13H25N3O3. The van der Waals surface area contributed by atoms with E-state index in [1.54, 1.807) is 4.90 Å². The molecule has 6 heteroatoms. The van der Waals surface area contributed by atoms with E-state index in [0.29, 0.717) is 19.4 Å². The third-order valence-corrected chi connectivity index (χ3v) is 4.00. The van der Waals surface area contributed by atoms with E-state index in [-0.39, 0.29) is 24.9 Å². The van der Waals surface area contributed by atoms with E-state index >= 15 is 0 Å². The fraction of sp³-hybridized carbons (Fsp3) is 0.846. The number of amides is 1. The number of rotatable bonds is 5. The molecule has 0 saturated heterocycles. The second-order valence-corrected chi connectivity index (χ2v) is 5.09. The molecule has 0 aliphatic heterocycles. The van der Waals surface area contributed by atoms with Gasteiger partial charge in [-0.1, -0.05) is 30.8 Å². The highest BCUT2D eigenvalue weighted by Gasteiger charge is 2.44. The zero-order valence-corrected chi connectivity index (χ0v) is 11.6. The summed E-state index contributed by atoms with van der Waals surface area (Å²) in [5, 5.41) is 21.2. The molecule has 0 aromatic carbocycles. The summed E-state index contributed by atoms with van der Waals surface area (Å²) in [7, 11) is 0. The van der Waals surface area contributed by atoms with Gasteiger partial charge in [-0.25, -0.2) is 0 Å². The minimum atomic E-state index is -0.892. The lowest BCUT2D eigenvalue weighted by molar-refractivity contribution is -0.139. The van der Waals surface area contributed by atoms with Gasteiger partial charge in [-0.05, 0) is 19.8 Å². The lowest BCUT2D eigenvalue weighted by atomic mass is 9.77. The van der Waals surface area contributed by atoms with Gasteiger partial charge in [0, 0.05) is 13.1 Å². The molecule has 0 aromatic rings. The average molecular weight is 271 g/mol. The topological polar surface area (TPSA) is 99.2 Å². The summed E-state index contributed by atoms with van der Waals surface area (Å²) in [6, 6.07) is 0. The fourth-order valence-electron chi connectivity index (χ4n) is 2.83. The van der Waals surface area contributed by atoms with Crippen LogP contribution < -0.4 is 5.73 Å². The van der Waals surface area contributed by atoms with E-state index in [1.807, 2.05) is 6.92 Å². The minimum absolute atomic E-state index is 0.00999. The number of carbonyl (C=O) groups is 1. The maximum atomic E-state index is 12.7. The van der Waals surface area contributed by atoms with Gasteiger partial charge >= 0.3 is 0 Å². The Hall–Kier alpha value is -1.30. The van der Waals surface area contributed by atoms with Crippen molar-refractivity contribution in [2.24, 2.45) is 16.3 Å². The largest absolute Gasteiger partial charge is 0.409 e. The lowest BCUT2D eigenvalue weighted by Crippen LogP contribution is -2.52. The van der Waals surface area contributed by atoms with Gasteiger partial charge in [0.1, 0.15) is 5.41 Å². The van der Waals surface area contributed by atoms with Crippen molar-refractivity contribution in [1.82, 2.24) is 4.90 Å². The van der Waals surface area contributed by atoms with Crippen LogP contribution in [0.25, 0.3) is 0 Å². The zero-order valence-electron chi connectivity index (χ0n) is 11.6. The van der Waals surface area contributed by atoms with E-state index in [9.17, 15) is 4.79 Å². The normalized spacial score (nSPS) is 19.8. The van der Waals surface area contributed by atoms with E-state index in [0.717, 1.165) is 25.7 Å². The monoisotopic (exact) mass is 271 g/mol. The molecule has 110 valence electrons. The van der Waals surface area contributed by atoms with Gasteiger partial charge in [0.05, 0.1) is 6.61 Å². The van der Waals surface area contributed by atoms with Crippen LogP contribution in [-0.4, -0.2) is 46.7 Å². The lowest BCUT2D eigenvalue weighted by Gasteiger charge is -2.35. The molecule has 0 aromatic heterocycles. The highest BCUT2D eigenvalue weighted by atomic mass is 16.4. The summed E-state index contributed by atoms with van der Waals surface area (Å²) in [4.78, 5) is 14.3. The van der Waals surface area contributed by atoms with E-state index < -0.39 is 5.41 Å². The molecular weight excluding hydrogens is 246 g/mol. The van der Waals surface area contributed by atoms with Crippen molar-refractivity contribution in [3.63, 3.8) is 0 Å². The molecule has 0 unspecified atom stereocenters. The molecule has 0 radical (unpaired) electrons. The number of nitrogens with zero attached hydrogens (tertiary/aromatic N) is 2. The summed E-state index contributed by atoms with van der Waals surface area (Å²) in [6.07, 6.45) is 5.17. The molecule has 4 N–H and O–H groups in total. The summed E-state index contributed by atoms with van der Waals surface area (Å²) in [5.41, 5.74) is 4.94. The van der Waals surface area contributed by atoms with Crippen LogP contribution >= 0.6 is 0 Å². The summed E-state index contributed by atoms with van der Waals surface area (Å²) >= 11 is 0. The average Bonchev–Trinajstić information content (AvgIpc) is 2.69. The number of amidine groups is 1. The predicted octanol–water partition coefficient (Wildman–Crippen LogP) is 0.914. The SMILES string of the molecule is CCN(CCO)C(=O)C1(C(N)=NO)CCCCCC1. The summed E-state index contributed by atoms with van der Waals surface area (Å²) < 4.78 is 0. The predicted molar refractivity (Wildman–Crippen MR) is 72.9 cm³/mol. The Morgan fingerprint density at radius 3 is 2.32 bits per heavy atom. The number of hydrogen-bond acceptors (Lipinski definition) is 4. The van der Waals surface area contributed by atoms with Crippen molar-refractivity contribution >= 4 is 11.7 Å². The first kappa shape index (κ1) is 15.8. The molecule has 1 aliphatic rings. The summed E-state index contributed by atoms with van der Waals surface area (Å²) in [5.74, 6) is -0.114. The molecule has 6 nitrogen and oxygen atoms in total. The van der Waals surface area contributed by atoms with Crippen LogP contribution in [0.4, 0.5) is 0 Å². The maximum Gasteiger partial charge on any atom is 0.236 e. The van der Waals surface area contributed by atoms with Crippen molar-refractivity contribution < 1.29 is 15.1 Å². The van der Waals surface area contributed by atoms with Crippen LogP contribution in [0.15, 0.2) is 5.16 Å². The molecule has 1 fully saturated rings. The Morgan fingerprint density at radius 2 is 1.89 bits per heavy atom. The number of oxime groups is 1. The van der Waals surface area contributed by atoms with Gasteiger partial charge in [0.15, 0.2) is 5.84 Å². The molecule has 0 spiro atoms. The molecule has 1 saturated carbocycles. The quantitative estimate of drug-likeness (QED) is 0.227. The van der Waals surface area contributed by atoms with Crippen LogP contribution in [0.1, 0.15) is 45.4 Å². The van der Waals surface area contributed by atoms with Crippen molar-refractivity contribution in [2.75, 3.05) is 19.7 Å². The van der Waals surface area contributed by atoms with Crippen molar-refractivity contribution in [3.8, 4) is 0 Å². The number of likely N-dealkylation sites (N-methyl/N-ethyl adjacent to an activating group) is 1.